The molecule has 1 aromatic rings. The molecule has 1 N–H and O–H groups in total. The summed E-state index contributed by atoms with van der Waals surface area (Å²) in [7, 11) is 0. The number of carboxylic acids is 1. The molecule has 0 radical (unpaired) electrons. The second kappa shape index (κ2) is 6.62. The van der Waals surface area contributed by atoms with Crippen LogP contribution in [0.4, 0.5) is 5.69 Å². The number of aryl methyl sites for hydroxylation is 1. The third kappa shape index (κ3) is 2.88. The van der Waals surface area contributed by atoms with E-state index in [-0.39, 0.29) is 17.7 Å². The molecule has 0 aromatic heterocycles. The SMILES string of the molecule is Cc1ccc(Cl)cc1N1CCN(C(=O)[C@H]2[C@@H](C(=O)O)[C@H]3C=C[C@@H]2C3)CC1. The summed E-state index contributed by atoms with van der Waals surface area (Å²) in [5.41, 5.74) is 2.27. The largest absolute Gasteiger partial charge is 0.481 e. The summed E-state index contributed by atoms with van der Waals surface area (Å²) in [6.45, 7) is 4.77. The summed E-state index contributed by atoms with van der Waals surface area (Å²) in [6.07, 6.45) is 4.82. The van der Waals surface area contributed by atoms with Gasteiger partial charge in [0.2, 0.25) is 5.91 Å². The van der Waals surface area contributed by atoms with E-state index in [1.165, 1.54) is 5.56 Å². The predicted octanol–water partition coefficient (Wildman–Crippen LogP) is 2.82. The molecular weight excluding hydrogens is 352 g/mol. The van der Waals surface area contributed by atoms with Gasteiger partial charge in [0.25, 0.3) is 0 Å². The molecule has 1 heterocycles. The summed E-state index contributed by atoms with van der Waals surface area (Å²) in [5, 5.41) is 10.3. The van der Waals surface area contributed by atoms with E-state index >= 15 is 0 Å². The molecule has 2 fully saturated rings. The molecule has 4 atom stereocenters. The van der Waals surface area contributed by atoms with Crippen LogP contribution in [-0.4, -0.2) is 48.1 Å². The third-order valence-corrected chi connectivity index (χ3v) is 6.37. The molecule has 2 bridgehead atoms. The molecule has 4 rings (SSSR count). The van der Waals surface area contributed by atoms with Crippen LogP contribution in [0, 0.1) is 30.6 Å². The van der Waals surface area contributed by atoms with Crippen molar-refractivity contribution in [1.82, 2.24) is 4.90 Å². The van der Waals surface area contributed by atoms with Crippen LogP contribution in [0.1, 0.15) is 12.0 Å². The monoisotopic (exact) mass is 374 g/mol. The zero-order valence-corrected chi connectivity index (χ0v) is 15.5. The molecule has 1 saturated heterocycles. The Morgan fingerprint density at radius 1 is 1.08 bits per heavy atom. The number of amides is 1. The highest BCUT2D eigenvalue weighted by atomic mass is 35.5. The molecule has 138 valence electrons. The van der Waals surface area contributed by atoms with Crippen LogP contribution in [0.5, 0.6) is 0 Å². The number of carbonyl (C=O) groups is 2. The predicted molar refractivity (Wildman–Crippen MR) is 100 cm³/mol. The number of carboxylic acid groups (broad SMARTS) is 1. The van der Waals surface area contributed by atoms with E-state index in [1.54, 1.807) is 0 Å². The van der Waals surface area contributed by atoms with Gasteiger partial charge in [-0.1, -0.05) is 29.8 Å². The van der Waals surface area contributed by atoms with E-state index in [9.17, 15) is 14.7 Å². The van der Waals surface area contributed by atoms with Crippen molar-refractivity contribution in [3.05, 3.63) is 40.9 Å². The van der Waals surface area contributed by atoms with Crippen molar-refractivity contribution >= 4 is 29.2 Å². The average molecular weight is 375 g/mol. The second-order valence-corrected chi connectivity index (χ2v) is 8.02. The summed E-state index contributed by atoms with van der Waals surface area (Å²) < 4.78 is 0. The number of benzene rings is 1. The van der Waals surface area contributed by atoms with Crippen molar-refractivity contribution in [3.8, 4) is 0 Å². The average Bonchev–Trinajstić information content (AvgIpc) is 3.24. The highest BCUT2D eigenvalue weighted by Crippen LogP contribution is 2.48. The minimum Gasteiger partial charge on any atom is -0.481 e. The molecule has 6 heteroatoms. The van der Waals surface area contributed by atoms with Crippen molar-refractivity contribution in [1.29, 1.82) is 0 Å². The van der Waals surface area contributed by atoms with Crippen LogP contribution in [0.25, 0.3) is 0 Å². The first-order valence-corrected chi connectivity index (χ1v) is 9.54. The molecule has 3 aliphatic rings. The van der Waals surface area contributed by atoms with E-state index < -0.39 is 17.8 Å². The zero-order valence-electron chi connectivity index (χ0n) is 14.8. The topological polar surface area (TPSA) is 60.9 Å². The first-order valence-electron chi connectivity index (χ1n) is 9.16. The molecule has 26 heavy (non-hydrogen) atoms. The third-order valence-electron chi connectivity index (χ3n) is 6.13. The highest BCUT2D eigenvalue weighted by molar-refractivity contribution is 6.30. The van der Waals surface area contributed by atoms with E-state index in [2.05, 4.69) is 11.8 Å². The maximum absolute atomic E-state index is 13.1. The molecule has 1 aromatic carbocycles. The van der Waals surface area contributed by atoms with Crippen LogP contribution in [0.15, 0.2) is 30.4 Å². The van der Waals surface area contributed by atoms with Gasteiger partial charge in [0.1, 0.15) is 0 Å². The molecule has 1 saturated carbocycles. The molecule has 5 nitrogen and oxygen atoms in total. The van der Waals surface area contributed by atoms with Crippen molar-refractivity contribution in [2.45, 2.75) is 13.3 Å². The Balaban J connectivity index is 1.45. The van der Waals surface area contributed by atoms with Crippen LogP contribution < -0.4 is 4.90 Å². The Bertz CT molecular complexity index is 770. The van der Waals surface area contributed by atoms with Gasteiger partial charge in [-0.05, 0) is 42.9 Å². The number of allylic oxidation sites excluding steroid dienone is 2. The molecule has 1 aliphatic heterocycles. The minimum atomic E-state index is -0.839. The lowest BCUT2D eigenvalue weighted by atomic mass is 9.82. The minimum absolute atomic E-state index is 0.0108. The van der Waals surface area contributed by atoms with Crippen LogP contribution >= 0.6 is 11.6 Å². The van der Waals surface area contributed by atoms with Gasteiger partial charge in [0.05, 0.1) is 11.8 Å². The Morgan fingerprint density at radius 2 is 1.73 bits per heavy atom. The van der Waals surface area contributed by atoms with Gasteiger partial charge in [0.15, 0.2) is 0 Å². The normalized spacial score (nSPS) is 30.1. The number of rotatable bonds is 3. The molecule has 0 spiro atoms. The number of carbonyl (C=O) groups excluding carboxylic acids is 1. The fraction of sp³-hybridized carbons (Fsp3) is 0.500. The lowest BCUT2D eigenvalue weighted by Gasteiger charge is -2.39. The van der Waals surface area contributed by atoms with Gasteiger partial charge >= 0.3 is 5.97 Å². The van der Waals surface area contributed by atoms with Crippen LogP contribution in [0.3, 0.4) is 0 Å². The van der Waals surface area contributed by atoms with Gasteiger partial charge in [0, 0.05) is 36.9 Å². The van der Waals surface area contributed by atoms with Crippen molar-refractivity contribution in [3.63, 3.8) is 0 Å². The fourth-order valence-corrected chi connectivity index (χ4v) is 4.96. The number of nitrogens with zero attached hydrogens (tertiary/aromatic N) is 2. The molecular formula is C20H23ClN2O3. The van der Waals surface area contributed by atoms with Gasteiger partial charge < -0.3 is 14.9 Å². The Kier molecular flexibility index (Phi) is 4.43. The zero-order chi connectivity index (χ0) is 18.4. The van der Waals surface area contributed by atoms with E-state index in [4.69, 9.17) is 11.6 Å². The highest BCUT2D eigenvalue weighted by Gasteiger charge is 2.52. The first kappa shape index (κ1) is 17.4. The number of halogens is 1. The smallest absolute Gasteiger partial charge is 0.307 e. The molecule has 1 amide bonds. The lowest BCUT2D eigenvalue weighted by molar-refractivity contribution is -0.151. The van der Waals surface area contributed by atoms with Crippen molar-refractivity contribution < 1.29 is 14.7 Å². The Labute approximate surface area is 158 Å². The Hall–Kier alpha value is -2.01. The molecule has 0 unspecified atom stereocenters. The standard InChI is InChI=1S/C20H23ClN2O3/c1-12-2-5-15(21)11-16(12)22-6-8-23(9-7-22)19(24)17-13-3-4-14(10-13)18(17)20(25)26/h2-5,11,13-14,17-18H,6-10H2,1H3,(H,25,26)/t13-,14+,17-,18+/m1/s1. The van der Waals surface area contributed by atoms with E-state index in [1.807, 2.05) is 35.3 Å². The van der Waals surface area contributed by atoms with Gasteiger partial charge in [-0.15, -0.1) is 0 Å². The molecule has 2 aliphatic carbocycles. The maximum atomic E-state index is 13.1. The van der Waals surface area contributed by atoms with E-state index in [0.29, 0.717) is 18.1 Å². The Morgan fingerprint density at radius 3 is 2.38 bits per heavy atom. The number of piperazine rings is 1. The fourth-order valence-electron chi connectivity index (χ4n) is 4.80. The summed E-state index contributed by atoms with van der Waals surface area (Å²) >= 11 is 6.13. The number of anilines is 1. The lowest BCUT2D eigenvalue weighted by Crippen LogP contribution is -2.52. The van der Waals surface area contributed by atoms with Crippen molar-refractivity contribution in [2.24, 2.45) is 23.7 Å². The number of hydrogen-bond acceptors (Lipinski definition) is 3. The van der Waals surface area contributed by atoms with Crippen LogP contribution in [-0.2, 0) is 9.59 Å². The first-order chi connectivity index (χ1) is 12.5. The maximum Gasteiger partial charge on any atom is 0.307 e. The number of aliphatic carboxylic acids is 1. The van der Waals surface area contributed by atoms with Gasteiger partial charge in [-0.2, -0.15) is 0 Å². The summed E-state index contributed by atoms with van der Waals surface area (Å²) in [6, 6.07) is 5.86. The second-order valence-electron chi connectivity index (χ2n) is 7.58. The van der Waals surface area contributed by atoms with Gasteiger partial charge in [-0.3, -0.25) is 9.59 Å². The number of fused-ring (bicyclic) bond motifs is 2. The van der Waals surface area contributed by atoms with Gasteiger partial charge in [-0.25, -0.2) is 0 Å². The van der Waals surface area contributed by atoms with Crippen LogP contribution in [0.2, 0.25) is 5.02 Å². The number of hydrogen-bond donors (Lipinski definition) is 1. The summed E-state index contributed by atoms with van der Waals surface area (Å²) in [4.78, 5) is 28.8. The van der Waals surface area contributed by atoms with Crippen molar-refractivity contribution in [2.75, 3.05) is 31.1 Å². The van der Waals surface area contributed by atoms with E-state index in [0.717, 1.165) is 25.2 Å². The quantitative estimate of drug-likeness (QED) is 0.826. The summed E-state index contributed by atoms with van der Waals surface area (Å²) in [5.74, 6) is -1.69.